The van der Waals surface area contributed by atoms with Crippen LogP contribution in [0.1, 0.15) is 19.7 Å². The standard InChI is InChI=1S/C8H11N3/c1-3-5-8-10-9-7-11(8)6-4-2/h3-7H,1-2H3/b5-3-,6-4-. The quantitative estimate of drug-likeness (QED) is 0.642. The van der Waals surface area contributed by atoms with Crippen molar-refractivity contribution in [1.29, 1.82) is 0 Å². The number of allylic oxidation sites excluding steroid dienone is 2. The van der Waals surface area contributed by atoms with E-state index in [1.54, 1.807) is 6.33 Å². The molecule has 0 aliphatic heterocycles. The average molecular weight is 149 g/mol. The first-order valence-corrected chi connectivity index (χ1v) is 3.53. The van der Waals surface area contributed by atoms with E-state index < -0.39 is 0 Å². The molecule has 11 heavy (non-hydrogen) atoms. The summed E-state index contributed by atoms with van der Waals surface area (Å²) in [4.78, 5) is 0. The lowest BCUT2D eigenvalue weighted by Crippen LogP contribution is -1.86. The molecule has 0 unspecified atom stereocenters. The highest BCUT2D eigenvalue weighted by atomic mass is 15.2. The highest BCUT2D eigenvalue weighted by Gasteiger charge is 1.93. The first kappa shape index (κ1) is 7.72. The van der Waals surface area contributed by atoms with Crippen LogP contribution in [0.15, 0.2) is 18.5 Å². The van der Waals surface area contributed by atoms with Crippen LogP contribution in [0.2, 0.25) is 0 Å². The van der Waals surface area contributed by atoms with Crippen LogP contribution in [0.4, 0.5) is 0 Å². The van der Waals surface area contributed by atoms with E-state index in [-0.39, 0.29) is 0 Å². The molecule has 3 heteroatoms. The predicted molar refractivity (Wildman–Crippen MR) is 45.7 cm³/mol. The minimum absolute atomic E-state index is 0.852. The fourth-order valence-corrected chi connectivity index (χ4v) is 0.795. The maximum Gasteiger partial charge on any atom is 0.160 e. The number of hydrogen-bond donors (Lipinski definition) is 0. The molecule has 58 valence electrons. The average Bonchev–Trinajstić information content (AvgIpc) is 2.39. The van der Waals surface area contributed by atoms with Gasteiger partial charge >= 0.3 is 0 Å². The monoisotopic (exact) mass is 149 g/mol. The van der Waals surface area contributed by atoms with Crippen molar-refractivity contribution >= 4 is 12.3 Å². The fraction of sp³-hybridized carbons (Fsp3) is 0.250. The number of aromatic nitrogens is 3. The van der Waals surface area contributed by atoms with Gasteiger partial charge in [0.25, 0.3) is 0 Å². The van der Waals surface area contributed by atoms with Crippen LogP contribution >= 0.6 is 0 Å². The van der Waals surface area contributed by atoms with Gasteiger partial charge in [-0.15, -0.1) is 10.2 Å². The van der Waals surface area contributed by atoms with Crippen molar-refractivity contribution in [2.45, 2.75) is 13.8 Å². The second-order valence-electron chi connectivity index (χ2n) is 2.08. The molecule has 3 nitrogen and oxygen atoms in total. The summed E-state index contributed by atoms with van der Waals surface area (Å²) in [6.07, 6.45) is 9.37. The van der Waals surface area contributed by atoms with Gasteiger partial charge in [0.05, 0.1) is 0 Å². The molecule has 0 saturated heterocycles. The van der Waals surface area contributed by atoms with E-state index in [1.165, 1.54) is 0 Å². The van der Waals surface area contributed by atoms with Crippen molar-refractivity contribution in [2.24, 2.45) is 0 Å². The smallest absolute Gasteiger partial charge is 0.160 e. The number of nitrogens with zero attached hydrogens (tertiary/aromatic N) is 3. The third-order valence-corrected chi connectivity index (χ3v) is 1.23. The minimum atomic E-state index is 0.852. The highest BCUT2D eigenvalue weighted by molar-refractivity contribution is 5.43. The van der Waals surface area contributed by atoms with Gasteiger partial charge in [-0.2, -0.15) is 0 Å². The topological polar surface area (TPSA) is 30.7 Å². The van der Waals surface area contributed by atoms with Crippen molar-refractivity contribution in [2.75, 3.05) is 0 Å². The van der Waals surface area contributed by atoms with E-state index in [9.17, 15) is 0 Å². The van der Waals surface area contributed by atoms with Gasteiger partial charge < -0.3 is 0 Å². The maximum atomic E-state index is 3.90. The van der Waals surface area contributed by atoms with Crippen molar-refractivity contribution in [1.82, 2.24) is 14.8 Å². The van der Waals surface area contributed by atoms with Crippen molar-refractivity contribution in [3.05, 3.63) is 24.3 Å². The summed E-state index contributed by atoms with van der Waals surface area (Å²) in [5.41, 5.74) is 0. The number of rotatable bonds is 2. The molecule has 1 aromatic rings. The summed E-state index contributed by atoms with van der Waals surface area (Å²) in [6.45, 7) is 3.91. The van der Waals surface area contributed by atoms with E-state index >= 15 is 0 Å². The lowest BCUT2D eigenvalue weighted by atomic mass is 10.5. The van der Waals surface area contributed by atoms with Gasteiger partial charge in [-0.1, -0.05) is 12.2 Å². The van der Waals surface area contributed by atoms with Crippen molar-refractivity contribution in [3.8, 4) is 0 Å². The molecule has 0 aliphatic rings. The van der Waals surface area contributed by atoms with Crippen LogP contribution in [0, 0.1) is 0 Å². The Kier molecular flexibility index (Phi) is 2.60. The molecule has 0 atom stereocenters. The Morgan fingerprint density at radius 3 is 2.82 bits per heavy atom. The largest absolute Gasteiger partial charge is 0.289 e. The SMILES string of the molecule is C/C=C\c1nncn1/C=C\C. The Bertz CT molecular complexity index is 244. The van der Waals surface area contributed by atoms with Crippen LogP contribution in [-0.4, -0.2) is 14.8 Å². The second kappa shape index (κ2) is 3.71. The van der Waals surface area contributed by atoms with E-state index in [0.717, 1.165) is 5.82 Å². The first-order chi connectivity index (χ1) is 5.38. The Morgan fingerprint density at radius 2 is 2.18 bits per heavy atom. The second-order valence-corrected chi connectivity index (χ2v) is 2.08. The van der Waals surface area contributed by atoms with Crippen LogP contribution in [0.5, 0.6) is 0 Å². The molecule has 0 spiro atoms. The zero-order chi connectivity index (χ0) is 8.10. The minimum Gasteiger partial charge on any atom is -0.289 e. The molecule has 0 aliphatic carbocycles. The summed E-state index contributed by atoms with van der Waals surface area (Å²) >= 11 is 0. The molecule has 0 aromatic carbocycles. The normalized spacial score (nSPS) is 11.8. The molecular weight excluding hydrogens is 138 g/mol. The van der Waals surface area contributed by atoms with Gasteiger partial charge in [0, 0.05) is 6.20 Å². The summed E-state index contributed by atoms with van der Waals surface area (Å²) in [5.74, 6) is 0.852. The van der Waals surface area contributed by atoms with Gasteiger partial charge in [-0.25, -0.2) is 0 Å². The number of hydrogen-bond acceptors (Lipinski definition) is 2. The zero-order valence-electron chi connectivity index (χ0n) is 6.73. The Morgan fingerprint density at radius 1 is 1.36 bits per heavy atom. The Hall–Kier alpha value is -1.38. The molecular formula is C8H11N3. The summed E-state index contributed by atoms with van der Waals surface area (Å²) in [6, 6.07) is 0. The summed E-state index contributed by atoms with van der Waals surface area (Å²) in [7, 11) is 0. The molecule has 0 amide bonds. The van der Waals surface area contributed by atoms with E-state index in [4.69, 9.17) is 0 Å². The van der Waals surface area contributed by atoms with Crippen LogP contribution in [-0.2, 0) is 0 Å². The molecule has 1 aromatic heterocycles. The molecule has 0 fully saturated rings. The van der Waals surface area contributed by atoms with Gasteiger partial charge in [0.15, 0.2) is 5.82 Å². The predicted octanol–water partition coefficient (Wildman–Crippen LogP) is 1.80. The van der Waals surface area contributed by atoms with Gasteiger partial charge in [0.2, 0.25) is 0 Å². The molecule has 1 rings (SSSR count). The lowest BCUT2D eigenvalue weighted by molar-refractivity contribution is 1.07. The lowest BCUT2D eigenvalue weighted by Gasteiger charge is -1.91. The molecule has 0 radical (unpaired) electrons. The molecule has 0 N–H and O–H groups in total. The fourth-order valence-electron chi connectivity index (χ4n) is 0.795. The van der Waals surface area contributed by atoms with Crippen LogP contribution in [0.25, 0.3) is 12.3 Å². The Balaban J connectivity index is 2.95. The van der Waals surface area contributed by atoms with Gasteiger partial charge in [-0.3, -0.25) is 4.57 Å². The summed E-state index contributed by atoms with van der Waals surface area (Å²) in [5, 5.41) is 7.67. The molecule has 1 heterocycles. The first-order valence-electron chi connectivity index (χ1n) is 3.53. The van der Waals surface area contributed by atoms with Crippen molar-refractivity contribution < 1.29 is 0 Å². The van der Waals surface area contributed by atoms with Gasteiger partial charge in [-0.05, 0) is 19.9 Å². The van der Waals surface area contributed by atoms with E-state index in [0.29, 0.717) is 0 Å². The van der Waals surface area contributed by atoms with Crippen molar-refractivity contribution in [3.63, 3.8) is 0 Å². The molecule has 0 saturated carbocycles. The van der Waals surface area contributed by atoms with E-state index in [1.807, 2.05) is 42.8 Å². The third kappa shape index (κ3) is 1.77. The van der Waals surface area contributed by atoms with E-state index in [2.05, 4.69) is 10.2 Å². The zero-order valence-corrected chi connectivity index (χ0v) is 6.73. The Labute approximate surface area is 66.1 Å². The van der Waals surface area contributed by atoms with Crippen LogP contribution in [0.3, 0.4) is 0 Å². The highest BCUT2D eigenvalue weighted by Crippen LogP contribution is 1.97. The van der Waals surface area contributed by atoms with Gasteiger partial charge in [0.1, 0.15) is 6.33 Å². The summed E-state index contributed by atoms with van der Waals surface area (Å²) < 4.78 is 1.86. The molecule has 0 bridgehead atoms. The maximum absolute atomic E-state index is 3.90. The van der Waals surface area contributed by atoms with Crippen LogP contribution < -0.4 is 0 Å². The third-order valence-electron chi connectivity index (χ3n) is 1.23.